The van der Waals surface area contributed by atoms with E-state index < -0.39 is 0 Å². The Hall–Kier alpha value is -1.39. The molecule has 0 bridgehead atoms. The van der Waals surface area contributed by atoms with Gasteiger partial charge in [0, 0.05) is 18.7 Å². The molecule has 0 aromatic heterocycles. The van der Waals surface area contributed by atoms with Gasteiger partial charge in [0.2, 0.25) is 0 Å². The summed E-state index contributed by atoms with van der Waals surface area (Å²) in [7, 11) is 3.64. The largest absolute Gasteiger partial charge is 0.497 e. The van der Waals surface area contributed by atoms with E-state index >= 15 is 0 Å². The van der Waals surface area contributed by atoms with E-state index in [1.165, 1.54) is 25.9 Å². The summed E-state index contributed by atoms with van der Waals surface area (Å²) in [4.78, 5) is 16.7. The number of likely N-dealkylation sites (tertiary alicyclic amines) is 1. The lowest BCUT2D eigenvalue weighted by Crippen LogP contribution is -2.34. The molecule has 1 fully saturated rings. The Morgan fingerprint density at radius 3 is 2.50 bits per heavy atom. The molecule has 1 aromatic rings. The van der Waals surface area contributed by atoms with Crippen LogP contribution in [0, 0.1) is 0 Å². The van der Waals surface area contributed by atoms with Gasteiger partial charge in [-0.2, -0.15) is 0 Å². The van der Waals surface area contributed by atoms with Gasteiger partial charge in [-0.1, -0.05) is 0 Å². The smallest absolute Gasteiger partial charge is 0.176 e. The van der Waals surface area contributed by atoms with Crippen LogP contribution in [0.4, 0.5) is 0 Å². The number of hydrogen-bond acceptors (Lipinski definition) is 4. The van der Waals surface area contributed by atoms with E-state index in [0.717, 1.165) is 24.4 Å². The minimum Gasteiger partial charge on any atom is -0.497 e. The molecular weight excluding hydrogens is 252 g/mol. The molecule has 1 aromatic carbocycles. The zero-order valence-corrected chi connectivity index (χ0v) is 12.5. The second-order valence-electron chi connectivity index (χ2n) is 5.44. The molecule has 2 rings (SSSR count). The summed E-state index contributed by atoms with van der Waals surface area (Å²) in [6, 6.07) is 7.32. The molecule has 1 aliphatic rings. The number of rotatable bonds is 7. The highest BCUT2D eigenvalue weighted by molar-refractivity contribution is 5.97. The summed E-state index contributed by atoms with van der Waals surface area (Å²) in [5.74, 6) is 0.945. The molecule has 4 heteroatoms. The van der Waals surface area contributed by atoms with Crippen LogP contribution in [0.25, 0.3) is 0 Å². The Kier molecular flexibility index (Phi) is 5.56. The molecule has 0 atom stereocenters. The lowest BCUT2D eigenvalue weighted by molar-refractivity contribution is 0.0941. The van der Waals surface area contributed by atoms with Crippen LogP contribution in [0.3, 0.4) is 0 Å². The fourth-order valence-corrected chi connectivity index (χ4v) is 2.51. The van der Waals surface area contributed by atoms with Gasteiger partial charge in [0.15, 0.2) is 5.78 Å². The van der Waals surface area contributed by atoms with Gasteiger partial charge < -0.3 is 9.64 Å². The Balaban J connectivity index is 1.77. The Morgan fingerprint density at radius 1 is 1.25 bits per heavy atom. The fourth-order valence-electron chi connectivity index (χ4n) is 2.51. The molecule has 0 radical (unpaired) electrons. The third-order valence-corrected chi connectivity index (χ3v) is 3.82. The lowest BCUT2D eigenvalue weighted by Gasteiger charge is -2.20. The summed E-state index contributed by atoms with van der Waals surface area (Å²) < 4.78 is 5.10. The SMILES string of the molecule is COc1ccc(C(=O)CN(C)CCN2CCCC2)cc1. The number of ketones is 1. The van der Waals surface area contributed by atoms with E-state index in [-0.39, 0.29) is 5.78 Å². The topological polar surface area (TPSA) is 32.8 Å². The van der Waals surface area contributed by atoms with Crippen molar-refractivity contribution >= 4 is 5.78 Å². The van der Waals surface area contributed by atoms with Crippen molar-refractivity contribution in [2.45, 2.75) is 12.8 Å². The highest BCUT2D eigenvalue weighted by Crippen LogP contribution is 2.12. The summed E-state index contributed by atoms with van der Waals surface area (Å²) in [6.45, 7) is 4.90. The van der Waals surface area contributed by atoms with Gasteiger partial charge in [-0.25, -0.2) is 0 Å². The Bertz CT molecular complexity index is 425. The molecule has 0 unspecified atom stereocenters. The standard InChI is InChI=1S/C16H24N2O2/c1-17(11-12-18-9-3-4-10-18)13-16(19)14-5-7-15(20-2)8-6-14/h5-8H,3-4,9-13H2,1-2H3. The zero-order chi connectivity index (χ0) is 14.4. The number of carbonyl (C=O) groups excluding carboxylic acids is 1. The highest BCUT2D eigenvalue weighted by atomic mass is 16.5. The third-order valence-electron chi connectivity index (χ3n) is 3.82. The van der Waals surface area contributed by atoms with Crippen molar-refractivity contribution in [3.8, 4) is 5.75 Å². The first-order valence-electron chi connectivity index (χ1n) is 7.27. The van der Waals surface area contributed by atoms with Crippen molar-refractivity contribution in [1.29, 1.82) is 0 Å². The summed E-state index contributed by atoms with van der Waals surface area (Å²) >= 11 is 0. The maximum Gasteiger partial charge on any atom is 0.176 e. The van der Waals surface area contributed by atoms with E-state index in [0.29, 0.717) is 6.54 Å². The summed E-state index contributed by atoms with van der Waals surface area (Å²) in [6.07, 6.45) is 2.63. The van der Waals surface area contributed by atoms with Crippen molar-refractivity contribution in [2.24, 2.45) is 0 Å². The van der Waals surface area contributed by atoms with Gasteiger partial charge >= 0.3 is 0 Å². The third kappa shape index (κ3) is 4.32. The predicted molar refractivity (Wildman–Crippen MR) is 80.5 cm³/mol. The maximum atomic E-state index is 12.2. The number of hydrogen-bond donors (Lipinski definition) is 0. The van der Waals surface area contributed by atoms with Crippen molar-refractivity contribution in [3.05, 3.63) is 29.8 Å². The Morgan fingerprint density at radius 2 is 1.90 bits per heavy atom. The highest BCUT2D eigenvalue weighted by Gasteiger charge is 2.13. The molecule has 4 nitrogen and oxygen atoms in total. The molecule has 0 amide bonds. The van der Waals surface area contributed by atoms with Crippen LogP contribution in [0.2, 0.25) is 0 Å². The number of Topliss-reactive ketones (excluding diaryl/α,β-unsaturated/α-hetero) is 1. The average molecular weight is 276 g/mol. The number of likely N-dealkylation sites (N-methyl/N-ethyl adjacent to an activating group) is 1. The molecule has 0 aliphatic carbocycles. The van der Waals surface area contributed by atoms with Crippen LogP contribution in [-0.2, 0) is 0 Å². The predicted octanol–water partition coefficient (Wildman–Crippen LogP) is 1.91. The molecule has 1 saturated heterocycles. The first-order valence-corrected chi connectivity index (χ1v) is 7.27. The van der Waals surface area contributed by atoms with E-state index in [1.54, 1.807) is 7.11 Å². The first-order chi connectivity index (χ1) is 9.69. The Labute approximate surface area is 121 Å². The van der Waals surface area contributed by atoms with Gasteiger partial charge in [-0.05, 0) is 57.2 Å². The number of methoxy groups -OCH3 is 1. The van der Waals surface area contributed by atoms with Gasteiger partial charge in [0.25, 0.3) is 0 Å². The van der Waals surface area contributed by atoms with Crippen LogP contribution in [0.1, 0.15) is 23.2 Å². The van der Waals surface area contributed by atoms with Crippen LogP contribution in [0.5, 0.6) is 5.75 Å². The van der Waals surface area contributed by atoms with E-state index in [2.05, 4.69) is 9.80 Å². The molecule has 20 heavy (non-hydrogen) atoms. The van der Waals surface area contributed by atoms with E-state index in [4.69, 9.17) is 4.74 Å². The second-order valence-corrected chi connectivity index (χ2v) is 5.44. The minimum atomic E-state index is 0.163. The van der Waals surface area contributed by atoms with Crippen LogP contribution < -0.4 is 4.74 Å². The van der Waals surface area contributed by atoms with Crippen molar-refractivity contribution in [1.82, 2.24) is 9.80 Å². The van der Waals surface area contributed by atoms with Crippen LogP contribution in [0.15, 0.2) is 24.3 Å². The van der Waals surface area contributed by atoms with Crippen LogP contribution >= 0.6 is 0 Å². The lowest BCUT2D eigenvalue weighted by atomic mass is 10.1. The van der Waals surface area contributed by atoms with Crippen molar-refractivity contribution < 1.29 is 9.53 Å². The number of carbonyl (C=O) groups is 1. The van der Waals surface area contributed by atoms with E-state index in [1.807, 2.05) is 31.3 Å². The summed E-state index contributed by atoms with van der Waals surface area (Å²) in [5, 5.41) is 0. The quantitative estimate of drug-likeness (QED) is 0.712. The summed E-state index contributed by atoms with van der Waals surface area (Å²) in [5.41, 5.74) is 0.749. The average Bonchev–Trinajstić information content (AvgIpc) is 2.98. The van der Waals surface area contributed by atoms with Gasteiger partial charge in [-0.3, -0.25) is 9.69 Å². The second kappa shape index (κ2) is 7.41. The molecule has 0 N–H and O–H groups in total. The van der Waals surface area contributed by atoms with Gasteiger partial charge in [0.1, 0.15) is 5.75 Å². The van der Waals surface area contributed by atoms with Crippen molar-refractivity contribution in [3.63, 3.8) is 0 Å². The number of ether oxygens (including phenoxy) is 1. The van der Waals surface area contributed by atoms with Crippen molar-refractivity contribution in [2.75, 3.05) is 46.9 Å². The van der Waals surface area contributed by atoms with Gasteiger partial charge in [0.05, 0.1) is 13.7 Å². The van der Waals surface area contributed by atoms with Crippen LogP contribution in [-0.4, -0.2) is 62.5 Å². The molecular formula is C16H24N2O2. The molecule has 0 saturated carbocycles. The first kappa shape index (κ1) is 15.0. The van der Waals surface area contributed by atoms with Gasteiger partial charge in [-0.15, -0.1) is 0 Å². The van der Waals surface area contributed by atoms with E-state index in [9.17, 15) is 4.79 Å². The molecule has 1 heterocycles. The maximum absolute atomic E-state index is 12.2. The number of benzene rings is 1. The monoisotopic (exact) mass is 276 g/mol. The fraction of sp³-hybridized carbons (Fsp3) is 0.562. The zero-order valence-electron chi connectivity index (χ0n) is 12.5. The molecule has 0 spiro atoms. The minimum absolute atomic E-state index is 0.163. The molecule has 1 aliphatic heterocycles. The normalized spacial score (nSPS) is 15.8. The molecule has 110 valence electrons. The number of nitrogens with zero attached hydrogens (tertiary/aromatic N) is 2.